The average molecular weight is 346 g/mol. The van der Waals surface area contributed by atoms with Crippen molar-refractivity contribution in [3.05, 3.63) is 45.7 Å². The number of nitrogens with two attached hydrogens (primary N) is 1. The van der Waals surface area contributed by atoms with Crippen molar-refractivity contribution in [3.63, 3.8) is 0 Å². The van der Waals surface area contributed by atoms with Crippen LogP contribution in [0.3, 0.4) is 0 Å². The summed E-state index contributed by atoms with van der Waals surface area (Å²) in [5, 5.41) is 4.46. The van der Waals surface area contributed by atoms with Crippen LogP contribution in [0.2, 0.25) is 0 Å². The summed E-state index contributed by atoms with van der Waals surface area (Å²) in [7, 11) is 0. The number of rotatable bonds is 3. The number of halogens is 1. The van der Waals surface area contributed by atoms with Gasteiger partial charge in [-0.1, -0.05) is 15.9 Å². The highest BCUT2D eigenvalue weighted by atomic mass is 79.9. The topological polar surface area (TPSA) is 79.6 Å². The van der Waals surface area contributed by atoms with E-state index in [1.807, 2.05) is 13.0 Å². The zero-order valence-corrected chi connectivity index (χ0v) is 13.5. The van der Waals surface area contributed by atoms with Crippen LogP contribution in [0.25, 0.3) is 10.9 Å². The molecular weight excluding hydrogens is 330 g/mol. The van der Waals surface area contributed by atoms with E-state index in [0.29, 0.717) is 6.54 Å². The highest BCUT2D eigenvalue weighted by Gasteiger charge is 2.05. The number of fused-ring (bicyclic) bond motifs is 1. The molecule has 3 rings (SSSR count). The number of nitrogen functional groups attached to an aromatic ring is 1. The van der Waals surface area contributed by atoms with Gasteiger partial charge in [0.05, 0.1) is 6.54 Å². The number of nitrogens with zero attached hydrogens (tertiary/aromatic N) is 2. The maximum absolute atomic E-state index is 5.65. The number of aromatic amines is 1. The Labute approximate surface area is 131 Å². The second-order valence-corrected chi connectivity index (χ2v) is 6.00. The predicted octanol–water partition coefficient (Wildman–Crippen LogP) is 3.53. The van der Waals surface area contributed by atoms with Crippen molar-refractivity contribution in [2.75, 3.05) is 11.1 Å². The first-order valence-electron chi connectivity index (χ1n) is 6.64. The monoisotopic (exact) mass is 345 g/mol. The van der Waals surface area contributed by atoms with Crippen molar-refractivity contribution >= 4 is 38.6 Å². The third kappa shape index (κ3) is 3.00. The van der Waals surface area contributed by atoms with E-state index in [-0.39, 0.29) is 5.95 Å². The number of hydrogen-bond donors (Lipinski definition) is 3. The lowest BCUT2D eigenvalue weighted by atomic mass is 10.2. The van der Waals surface area contributed by atoms with Crippen molar-refractivity contribution in [1.29, 1.82) is 0 Å². The van der Waals surface area contributed by atoms with Crippen molar-refractivity contribution < 1.29 is 0 Å². The molecule has 0 spiro atoms. The van der Waals surface area contributed by atoms with E-state index in [1.165, 1.54) is 10.9 Å². The summed E-state index contributed by atoms with van der Waals surface area (Å²) < 4.78 is 1.09. The second-order valence-electron chi connectivity index (χ2n) is 5.09. The minimum atomic E-state index is 0.286. The van der Waals surface area contributed by atoms with Crippen LogP contribution in [-0.4, -0.2) is 15.0 Å². The Hall–Kier alpha value is -2.08. The molecule has 0 aliphatic carbocycles. The summed E-state index contributed by atoms with van der Waals surface area (Å²) in [6, 6.07) is 8.22. The van der Waals surface area contributed by atoms with Gasteiger partial charge in [0.15, 0.2) is 0 Å². The Morgan fingerprint density at radius 2 is 2.00 bits per heavy atom. The molecule has 0 saturated carbocycles. The number of anilines is 2. The van der Waals surface area contributed by atoms with Gasteiger partial charge in [0.2, 0.25) is 5.95 Å². The minimum absolute atomic E-state index is 0.286. The van der Waals surface area contributed by atoms with Crippen molar-refractivity contribution in [3.8, 4) is 0 Å². The Balaban J connectivity index is 1.83. The van der Waals surface area contributed by atoms with E-state index in [4.69, 9.17) is 5.73 Å². The maximum Gasteiger partial charge on any atom is 0.222 e. The Morgan fingerprint density at radius 1 is 1.19 bits per heavy atom. The number of H-pyrrole nitrogens is 1. The van der Waals surface area contributed by atoms with Gasteiger partial charge < -0.3 is 16.0 Å². The maximum atomic E-state index is 5.65. The van der Waals surface area contributed by atoms with E-state index < -0.39 is 0 Å². The van der Waals surface area contributed by atoms with E-state index >= 15 is 0 Å². The molecule has 6 heteroatoms. The minimum Gasteiger partial charge on any atom is -0.368 e. The zero-order chi connectivity index (χ0) is 15.0. The van der Waals surface area contributed by atoms with Crippen LogP contribution in [0.5, 0.6) is 0 Å². The first-order valence-corrected chi connectivity index (χ1v) is 7.43. The van der Waals surface area contributed by atoms with Gasteiger partial charge in [-0.05, 0) is 37.6 Å². The summed E-state index contributed by atoms with van der Waals surface area (Å²) in [4.78, 5) is 11.7. The van der Waals surface area contributed by atoms with Crippen molar-refractivity contribution in [2.24, 2.45) is 0 Å². The highest BCUT2D eigenvalue weighted by Crippen LogP contribution is 2.24. The molecule has 2 aromatic heterocycles. The van der Waals surface area contributed by atoms with Crippen LogP contribution in [0.4, 0.5) is 11.8 Å². The van der Waals surface area contributed by atoms with Crippen LogP contribution >= 0.6 is 15.9 Å². The molecule has 108 valence electrons. The molecule has 0 amide bonds. The molecule has 0 fully saturated rings. The quantitative estimate of drug-likeness (QED) is 0.678. The molecule has 3 aromatic rings. The summed E-state index contributed by atoms with van der Waals surface area (Å²) >= 11 is 3.52. The Morgan fingerprint density at radius 3 is 2.76 bits per heavy atom. The molecule has 0 unspecified atom stereocenters. The standard InChI is InChI=1S/C15H16BrN5/c1-8-3-11(16)5-10-6-12(20-14(8)10)7-18-13-4-9(2)19-15(17)21-13/h3-6,20H,7H2,1-2H3,(H3,17,18,19,21). The smallest absolute Gasteiger partial charge is 0.222 e. The van der Waals surface area contributed by atoms with E-state index in [0.717, 1.165) is 27.2 Å². The predicted molar refractivity (Wildman–Crippen MR) is 89.2 cm³/mol. The normalized spacial score (nSPS) is 11.0. The molecular formula is C15H16BrN5. The summed E-state index contributed by atoms with van der Waals surface area (Å²) in [6.07, 6.45) is 0. The fourth-order valence-electron chi connectivity index (χ4n) is 2.40. The van der Waals surface area contributed by atoms with E-state index in [1.54, 1.807) is 0 Å². The molecule has 0 bridgehead atoms. The fraction of sp³-hybridized carbons (Fsp3) is 0.200. The highest BCUT2D eigenvalue weighted by molar-refractivity contribution is 9.10. The Kier molecular flexibility index (Phi) is 3.55. The lowest BCUT2D eigenvalue weighted by Gasteiger charge is -2.05. The fourth-order valence-corrected chi connectivity index (χ4v) is 2.99. The van der Waals surface area contributed by atoms with Crippen molar-refractivity contribution in [2.45, 2.75) is 20.4 Å². The molecule has 5 nitrogen and oxygen atoms in total. The number of hydrogen-bond acceptors (Lipinski definition) is 4. The third-order valence-corrected chi connectivity index (χ3v) is 3.74. The SMILES string of the molecule is Cc1cc(NCc2cc3cc(Br)cc(C)c3[nH]2)nc(N)n1. The van der Waals surface area contributed by atoms with Gasteiger partial charge in [-0.2, -0.15) is 4.98 Å². The second kappa shape index (κ2) is 5.37. The third-order valence-electron chi connectivity index (χ3n) is 3.28. The lowest BCUT2D eigenvalue weighted by Crippen LogP contribution is -2.05. The molecule has 0 aliphatic rings. The molecule has 4 N–H and O–H groups in total. The molecule has 1 aromatic carbocycles. The largest absolute Gasteiger partial charge is 0.368 e. The van der Waals surface area contributed by atoms with Crippen LogP contribution in [-0.2, 0) is 6.54 Å². The van der Waals surface area contributed by atoms with Crippen molar-refractivity contribution in [1.82, 2.24) is 15.0 Å². The van der Waals surface area contributed by atoms with Crippen LogP contribution in [0, 0.1) is 13.8 Å². The van der Waals surface area contributed by atoms with Crippen LogP contribution in [0.15, 0.2) is 28.7 Å². The molecule has 0 atom stereocenters. The number of benzene rings is 1. The summed E-state index contributed by atoms with van der Waals surface area (Å²) in [5.41, 5.74) is 9.97. The van der Waals surface area contributed by atoms with E-state index in [9.17, 15) is 0 Å². The van der Waals surface area contributed by atoms with Gasteiger partial charge in [-0.3, -0.25) is 0 Å². The molecule has 21 heavy (non-hydrogen) atoms. The van der Waals surface area contributed by atoms with Gasteiger partial charge in [0.25, 0.3) is 0 Å². The van der Waals surface area contributed by atoms with Gasteiger partial charge in [-0.25, -0.2) is 4.98 Å². The number of aromatic nitrogens is 3. The molecule has 0 aliphatic heterocycles. The van der Waals surface area contributed by atoms with Gasteiger partial charge in [0, 0.05) is 32.8 Å². The first kappa shape index (κ1) is 13.9. The number of nitrogens with one attached hydrogen (secondary N) is 2. The zero-order valence-electron chi connectivity index (χ0n) is 11.9. The summed E-state index contributed by atoms with van der Waals surface area (Å²) in [5.74, 6) is 1.02. The molecule has 0 radical (unpaired) electrons. The number of aryl methyl sites for hydroxylation is 2. The first-order chi connectivity index (χ1) is 10.0. The Bertz CT molecular complexity index is 789. The average Bonchev–Trinajstić information content (AvgIpc) is 2.78. The van der Waals surface area contributed by atoms with Gasteiger partial charge in [-0.15, -0.1) is 0 Å². The van der Waals surface area contributed by atoms with E-state index in [2.05, 4.69) is 61.3 Å². The van der Waals surface area contributed by atoms with Gasteiger partial charge >= 0.3 is 0 Å². The van der Waals surface area contributed by atoms with Crippen LogP contribution < -0.4 is 11.1 Å². The van der Waals surface area contributed by atoms with Gasteiger partial charge in [0.1, 0.15) is 5.82 Å². The molecule has 2 heterocycles. The lowest BCUT2D eigenvalue weighted by molar-refractivity contribution is 1.04. The molecule has 0 saturated heterocycles. The van der Waals surface area contributed by atoms with Crippen LogP contribution in [0.1, 0.15) is 17.0 Å². The summed E-state index contributed by atoms with van der Waals surface area (Å²) in [6.45, 7) is 4.64.